The number of aromatic nitrogens is 3. The normalized spacial score (nSPS) is 11.7. The van der Waals surface area contributed by atoms with Crippen molar-refractivity contribution >= 4 is 55.7 Å². The molecule has 0 aliphatic carbocycles. The molecule has 1 N–H and O–H groups in total. The monoisotopic (exact) mass is 665 g/mol. The van der Waals surface area contributed by atoms with Crippen molar-refractivity contribution in [2.75, 3.05) is 37.8 Å². The average molecular weight is 667 g/mol. The lowest BCUT2D eigenvalue weighted by Crippen LogP contribution is -2.27. The highest BCUT2D eigenvalue weighted by Crippen LogP contribution is 2.34. The highest BCUT2D eigenvalue weighted by Gasteiger charge is 2.19. The van der Waals surface area contributed by atoms with Gasteiger partial charge in [-0.15, -0.1) is 0 Å². The summed E-state index contributed by atoms with van der Waals surface area (Å²) in [5.41, 5.74) is 1.97. The number of hydrogen-bond acceptors (Lipinski definition) is 8. The molecule has 0 saturated carbocycles. The lowest BCUT2D eigenvalue weighted by molar-refractivity contribution is 0.223. The lowest BCUT2D eigenvalue weighted by Gasteiger charge is -2.18. The average Bonchev–Trinajstić information content (AvgIpc) is 3.02. The molecule has 0 spiro atoms. The molecule has 0 amide bonds. The lowest BCUT2D eigenvalue weighted by atomic mass is 10.1. The number of rotatable bonds is 12. The molecule has 5 rings (SSSR count). The first kappa shape index (κ1) is 32.4. The van der Waals surface area contributed by atoms with Crippen LogP contribution in [0.15, 0.2) is 88.7 Å². The minimum absolute atomic E-state index is 0.0462. The van der Waals surface area contributed by atoms with Crippen LogP contribution in [-0.4, -0.2) is 60.3 Å². The van der Waals surface area contributed by atoms with Crippen LogP contribution in [0.25, 0.3) is 22.2 Å². The van der Waals surface area contributed by atoms with Gasteiger partial charge in [0.05, 0.1) is 27.0 Å². The van der Waals surface area contributed by atoms with Crippen LogP contribution in [0, 0.1) is 0 Å². The van der Waals surface area contributed by atoms with E-state index in [1.807, 2.05) is 24.3 Å². The van der Waals surface area contributed by atoms with Crippen LogP contribution >= 0.6 is 23.2 Å². The van der Waals surface area contributed by atoms with E-state index in [4.69, 9.17) is 32.9 Å². The van der Waals surface area contributed by atoms with E-state index < -0.39 is 15.4 Å². The van der Waals surface area contributed by atoms with Gasteiger partial charge < -0.3 is 15.0 Å². The summed E-state index contributed by atoms with van der Waals surface area (Å²) in [5.74, 6) is 1.03. The Kier molecular flexibility index (Phi) is 10.1. The van der Waals surface area contributed by atoms with Gasteiger partial charge in [-0.25, -0.2) is 13.4 Å². The second kappa shape index (κ2) is 14.0. The third-order valence-corrected chi connectivity index (χ3v) is 9.15. The maximum Gasteiger partial charge on any atom is 0.260 e. The van der Waals surface area contributed by atoms with Gasteiger partial charge in [0.15, 0.2) is 9.84 Å². The fourth-order valence-electron chi connectivity index (χ4n) is 4.95. The number of fused-ring (bicyclic) bond motifs is 1. The molecular formula is C33H33Cl2N5O4S. The van der Waals surface area contributed by atoms with Crippen LogP contribution in [0.4, 0.5) is 11.6 Å². The van der Waals surface area contributed by atoms with E-state index in [2.05, 4.69) is 29.0 Å². The number of hydrogen-bond donors (Lipinski definition) is 1. The SMILES string of the molecule is CCN(CC)CCOc1ccc(Nc2ncc3cc(-c4c(Cl)cccc4Cl)c(=O)n(Cc4cccc(S(C)(=O)=O)c4)c3n2)cc1. The van der Waals surface area contributed by atoms with Gasteiger partial charge in [0.2, 0.25) is 5.95 Å². The molecular weight excluding hydrogens is 633 g/mol. The summed E-state index contributed by atoms with van der Waals surface area (Å²) in [7, 11) is -3.46. The van der Waals surface area contributed by atoms with E-state index in [1.165, 1.54) is 10.6 Å². The van der Waals surface area contributed by atoms with E-state index in [-0.39, 0.29) is 23.0 Å². The zero-order valence-corrected chi connectivity index (χ0v) is 27.5. The fraction of sp³-hybridized carbons (Fsp3) is 0.242. The van der Waals surface area contributed by atoms with E-state index >= 15 is 0 Å². The fourth-order valence-corrected chi connectivity index (χ4v) is 6.25. The maximum atomic E-state index is 14.1. The summed E-state index contributed by atoms with van der Waals surface area (Å²) in [4.78, 5) is 25.7. The molecule has 0 unspecified atom stereocenters. The number of sulfone groups is 1. The first-order valence-electron chi connectivity index (χ1n) is 14.4. The third kappa shape index (κ3) is 7.65. The minimum Gasteiger partial charge on any atom is -0.492 e. The van der Waals surface area contributed by atoms with Gasteiger partial charge >= 0.3 is 0 Å². The zero-order valence-electron chi connectivity index (χ0n) is 25.1. The second-order valence-electron chi connectivity index (χ2n) is 10.5. The predicted molar refractivity (Wildman–Crippen MR) is 181 cm³/mol. The molecule has 2 heterocycles. The largest absolute Gasteiger partial charge is 0.492 e. The van der Waals surface area contributed by atoms with E-state index in [1.54, 1.807) is 48.7 Å². The van der Waals surface area contributed by atoms with Gasteiger partial charge in [0.1, 0.15) is 18.0 Å². The second-order valence-corrected chi connectivity index (χ2v) is 13.3. The van der Waals surface area contributed by atoms with E-state index in [0.717, 1.165) is 37.3 Å². The first-order chi connectivity index (χ1) is 21.6. The number of nitrogens with zero attached hydrogens (tertiary/aromatic N) is 4. The van der Waals surface area contributed by atoms with Gasteiger partial charge in [0.25, 0.3) is 5.56 Å². The molecule has 0 bridgehead atoms. The molecule has 0 saturated heterocycles. The summed E-state index contributed by atoms with van der Waals surface area (Å²) in [6.07, 6.45) is 2.76. The Labute approximate surface area is 272 Å². The van der Waals surface area contributed by atoms with Crippen LogP contribution in [0.3, 0.4) is 0 Å². The molecule has 45 heavy (non-hydrogen) atoms. The number of likely N-dealkylation sites (N-methyl/N-ethyl adjacent to an activating group) is 1. The standard InChI is InChI=1S/C33H33Cl2N5O4S/c1-4-39(5-2)16-17-44-25-14-12-24(13-15-25)37-33-36-20-23-19-27(30-28(34)10-7-11-29(30)35)32(41)40(31(23)38-33)21-22-8-6-9-26(18-22)45(3,42)43/h6-15,18-20H,4-5,16-17,21H2,1-3H3,(H,36,37,38). The van der Waals surface area contributed by atoms with Crippen LogP contribution in [0.2, 0.25) is 10.0 Å². The number of halogens is 2. The van der Waals surface area contributed by atoms with Crippen molar-refractivity contribution in [1.82, 2.24) is 19.4 Å². The Hall–Kier alpha value is -3.96. The Morgan fingerprint density at radius 1 is 0.956 bits per heavy atom. The quantitative estimate of drug-likeness (QED) is 0.157. The van der Waals surface area contributed by atoms with Crippen molar-refractivity contribution in [3.05, 3.63) is 105 Å². The summed E-state index contributed by atoms with van der Waals surface area (Å²) in [6, 6.07) is 20.7. The summed E-state index contributed by atoms with van der Waals surface area (Å²) in [5, 5.41) is 4.42. The predicted octanol–water partition coefficient (Wildman–Crippen LogP) is 6.68. The van der Waals surface area contributed by atoms with Crippen molar-refractivity contribution in [3.8, 4) is 16.9 Å². The third-order valence-electron chi connectivity index (χ3n) is 7.41. The Bertz CT molecular complexity index is 1980. The molecule has 0 radical (unpaired) electrons. The van der Waals surface area contributed by atoms with Crippen molar-refractivity contribution in [2.45, 2.75) is 25.3 Å². The number of anilines is 2. The van der Waals surface area contributed by atoms with Crippen LogP contribution in [0.5, 0.6) is 5.75 Å². The van der Waals surface area contributed by atoms with Crippen molar-refractivity contribution in [3.63, 3.8) is 0 Å². The molecule has 0 aliphatic heterocycles. The smallest absolute Gasteiger partial charge is 0.260 e. The maximum absolute atomic E-state index is 14.1. The van der Waals surface area contributed by atoms with Crippen molar-refractivity contribution < 1.29 is 13.2 Å². The number of ether oxygens (including phenoxy) is 1. The van der Waals surface area contributed by atoms with E-state index in [9.17, 15) is 13.2 Å². The molecule has 234 valence electrons. The highest BCUT2D eigenvalue weighted by molar-refractivity contribution is 7.90. The van der Waals surface area contributed by atoms with Crippen molar-refractivity contribution in [2.24, 2.45) is 0 Å². The van der Waals surface area contributed by atoms with Crippen LogP contribution in [0.1, 0.15) is 19.4 Å². The van der Waals surface area contributed by atoms with Gasteiger partial charge in [0, 0.05) is 35.6 Å². The van der Waals surface area contributed by atoms with Gasteiger partial charge in [-0.2, -0.15) is 4.98 Å². The molecule has 3 aromatic carbocycles. The van der Waals surface area contributed by atoms with Crippen molar-refractivity contribution in [1.29, 1.82) is 0 Å². The summed E-state index contributed by atoms with van der Waals surface area (Å²) < 4.78 is 31.8. The Balaban J connectivity index is 1.51. The minimum atomic E-state index is -3.46. The molecule has 12 heteroatoms. The van der Waals surface area contributed by atoms with Crippen LogP contribution in [-0.2, 0) is 16.4 Å². The number of benzene rings is 3. The Morgan fingerprint density at radius 2 is 1.64 bits per heavy atom. The molecule has 2 aromatic heterocycles. The summed E-state index contributed by atoms with van der Waals surface area (Å²) in [6.45, 7) is 7.69. The van der Waals surface area contributed by atoms with Gasteiger partial charge in [-0.3, -0.25) is 9.36 Å². The molecule has 0 fully saturated rings. The number of pyridine rings is 1. The zero-order chi connectivity index (χ0) is 32.1. The topological polar surface area (TPSA) is 106 Å². The van der Waals surface area contributed by atoms with Gasteiger partial charge in [-0.05, 0) is 73.3 Å². The summed E-state index contributed by atoms with van der Waals surface area (Å²) >= 11 is 13.0. The van der Waals surface area contributed by atoms with Gasteiger partial charge in [-0.1, -0.05) is 55.2 Å². The highest BCUT2D eigenvalue weighted by atomic mass is 35.5. The number of nitrogens with one attached hydrogen (secondary N) is 1. The van der Waals surface area contributed by atoms with E-state index in [0.29, 0.717) is 38.8 Å². The molecule has 9 nitrogen and oxygen atoms in total. The first-order valence-corrected chi connectivity index (χ1v) is 17.1. The van der Waals surface area contributed by atoms with Crippen LogP contribution < -0.4 is 15.6 Å². The molecule has 0 aliphatic rings. The molecule has 0 atom stereocenters. The Morgan fingerprint density at radius 3 is 2.31 bits per heavy atom. The molecule has 5 aromatic rings.